The minimum atomic E-state index is 0.127. The Morgan fingerprint density at radius 3 is 1.65 bits per heavy atom. The van der Waals surface area contributed by atoms with Crippen LogP contribution >= 0.6 is 0 Å². The van der Waals surface area contributed by atoms with Crippen LogP contribution in [-0.2, 0) is 54.5 Å². The van der Waals surface area contributed by atoms with E-state index in [0.29, 0.717) is 3.67 Å². The van der Waals surface area contributed by atoms with E-state index in [1.165, 1.54) is 38.9 Å². The molecular formula is C36H37Hf. The van der Waals surface area contributed by atoms with Crippen molar-refractivity contribution in [3.63, 3.8) is 0 Å². The van der Waals surface area contributed by atoms with E-state index in [1.807, 2.05) is 0 Å². The Kier molecular flexibility index (Phi) is 6.03. The summed E-state index contributed by atoms with van der Waals surface area (Å²) in [5.41, 5.74) is 18.6. The first-order chi connectivity index (χ1) is 17.5. The Labute approximate surface area is 238 Å². The van der Waals surface area contributed by atoms with Crippen LogP contribution < -0.4 is 0 Å². The number of fused-ring (bicyclic) bond motifs is 6. The summed E-state index contributed by atoms with van der Waals surface area (Å²) in [4.78, 5) is 0. The molecule has 1 unspecified atom stereocenters. The SMILES string of the molecule is CC(C)(C)c1ccc2c(c1C[CH]([Hf])c1c(C(C)(C)C)ccc3c1Cc1ccccc1-3)Cc1ccccc1-2. The van der Waals surface area contributed by atoms with Crippen LogP contribution in [0.25, 0.3) is 22.3 Å². The van der Waals surface area contributed by atoms with Crippen molar-refractivity contribution in [3.8, 4) is 22.3 Å². The topological polar surface area (TPSA) is 0 Å². The first-order valence-electron chi connectivity index (χ1n) is 13.7. The monoisotopic (exact) mass is 649 g/mol. The third-order valence-electron chi connectivity index (χ3n) is 8.51. The molecule has 4 aromatic rings. The fourth-order valence-electron chi connectivity index (χ4n) is 6.80. The Bertz CT molecular complexity index is 1520. The molecule has 2 aliphatic carbocycles. The molecule has 0 fully saturated rings. The quantitative estimate of drug-likeness (QED) is 0.168. The Hall–Kier alpha value is -2.25. The number of rotatable bonds is 3. The van der Waals surface area contributed by atoms with Gasteiger partial charge >= 0.3 is 239 Å². The molecule has 1 atom stereocenters. The maximum absolute atomic E-state index is 2.46. The van der Waals surface area contributed by atoms with Crippen LogP contribution in [0.5, 0.6) is 0 Å². The van der Waals surface area contributed by atoms with Crippen molar-refractivity contribution in [2.24, 2.45) is 0 Å². The van der Waals surface area contributed by atoms with Gasteiger partial charge in [-0.1, -0.05) is 0 Å². The van der Waals surface area contributed by atoms with Crippen LogP contribution in [-0.4, -0.2) is 0 Å². The van der Waals surface area contributed by atoms with Crippen molar-refractivity contribution >= 4 is 0 Å². The van der Waals surface area contributed by atoms with Crippen molar-refractivity contribution < 1.29 is 24.4 Å². The van der Waals surface area contributed by atoms with Crippen LogP contribution in [0, 0.1) is 0 Å². The summed E-state index contributed by atoms with van der Waals surface area (Å²) in [7, 11) is 0. The second-order valence-corrected chi connectivity index (χ2v) is 15.6. The fourth-order valence-corrected chi connectivity index (χ4v) is 8.72. The van der Waals surface area contributed by atoms with Crippen LogP contribution in [0.1, 0.15) is 89.7 Å². The predicted molar refractivity (Wildman–Crippen MR) is 153 cm³/mol. The molecule has 1 heteroatoms. The molecule has 0 radical (unpaired) electrons. The van der Waals surface area contributed by atoms with Gasteiger partial charge < -0.3 is 0 Å². The van der Waals surface area contributed by atoms with Gasteiger partial charge in [-0.2, -0.15) is 0 Å². The summed E-state index contributed by atoms with van der Waals surface area (Å²) >= 11 is 1.14. The molecule has 0 aliphatic heterocycles. The number of hydrogen-bond acceptors (Lipinski definition) is 0. The number of benzene rings is 4. The van der Waals surface area contributed by atoms with E-state index in [-0.39, 0.29) is 10.8 Å². The van der Waals surface area contributed by atoms with Crippen molar-refractivity contribution in [1.29, 1.82) is 0 Å². The summed E-state index contributed by atoms with van der Waals surface area (Å²) < 4.78 is 0.579. The van der Waals surface area contributed by atoms with Gasteiger partial charge in [-0.3, -0.25) is 0 Å². The van der Waals surface area contributed by atoms with E-state index in [9.17, 15) is 0 Å². The average molecular weight is 648 g/mol. The molecule has 0 nitrogen and oxygen atoms in total. The molecule has 0 saturated carbocycles. The van der Waals surface area contributed by atoms with Crippen molar-refractivity contribution in [3.05, 3.63) is 117 Å². The first kappa shape index (κ1) is 25.1. The molecule has 6 rings (SSSR count). The van der Waals surface area contributed by atoms with E-state index in [4.69, 9.17) is 0 Å². The van der Waals surface area contributed by atoms with Gasteiger partial charge in [0.2, 0.25) is 0 Å². The van der Waals surface area contributed by atoms with Gasteiger partial charge in [0.1, 0.15) is 0 Å². The van der Waals surface area contributed by atoms with Crippen LogP contribution in [0.2, 0.25) is 0 Å². The van der Waals surface area contributed by atoms with E-state index >= 15 is 0 Å². The standard InChI is InChI=1S/C36H37.Hf/c1-35(2,3)33-19-17-27-25-13-9-7-11-23(25)21-31(27)29(33)15-16-30-32-22-24-12-8-10-14-26(24)28(32)18-20-34(30)36(4,5)6;/h7-15,17-20H,16,21-22H2,1-6H3;. The van der Waals surface area contributed by atoms with Gasteiger partial charge in [-0.05, 0) is 0 Å². The van der Waals surface area contributed by atoms with Crippen LogP contribution in [0.15, 0.2) is 72.8 Å². The molecular weight excluding hydrogens is 611 g/mol. The molecule has 185 valence electrons. The van der Waals surface area contributed by atoms with Gasteiger partial charge in [0.15, 0.2) is 0 Å². The molecule has 0 spiro atoms. The maximum atomic E-state index is 2.46. The second-order valence-electron chi connectivity index (χ2n) is 13.1. The molecule has 4 aromatic carbocycles. The summed E-state index contributed by atoms with van der Waals surface area (Å²) in [6, 6.07) is 27.8. The molecule has 0 bridgehead atoms. The van der Waals surface area contributed by atoms with Gasteiger partial charge in [0.05, 0.1) is 0 Å². The van der Waals surface area contributed by atoms with E-state index in [1.54, 1.807) is 27.8 Å². The van der Waals surface area contributed by atoms with E-state index < -0.39 is 0 Å². The molecule has 37 heavy (non-hydrogen) atoms. The van der Waals surface area contributed by atoms with Crippen molar-refractivity contribution in [2.45, 2.75) is 75.3 Å². The molecule has 0 aromatic heterocycles. The summed E-state index contributed by atoms with van der Waals surface area (Å²) in [6.07, 6.45) is 3.29. The Morgan fingerprint density at radius 1 is 0.595 bits per heavy atom. The fraction of sp³-hybridized carbons (Fsp3) is 0.333. The molecule has 0 N–H and O–H groups in total. The summed E-state index contributed by atoms with van der Waals surface area (Å²) in [5, 5.41) is 0. The van der Waals surface area contributed by atoms with Crippen LogP contribution in [0.3, 0.4) is 0 Å². The van der Waals surface area contributed by atoms with Gasteiger partial charge in [0.25, 0.3) is 0 Å². The van der Waals surface area contributed by atoms with E-state index in [0.717, 1.165) is 43.6 Å². The first-order valence-corrected chi connectivity index (χ1v) is 15.8. The zero-order chi connectivity index (χ0) is 26.1. The number of hydrogen-bond donors (Lipinski definition) is 0. The Balaban J connectivity index is 1.51. The normalized spacial score (nSPS) is 14.6. The third-order valence-corrected chi connectivity index (χ3v) is 10.3. The Morgan fingerprint density at radius 2 is 1.08 bits per heavy atom. The molecule has 0 saturated heterocycles. The van der Waals surface area contributed by atoms with Gasteiger partial charge in [-0.25, -0.2) is 0 Å². The van der Waals surface area contributed by atoms with Gasteiger partial charge in [0, 0.05) is 0 Å². The van der Waals surface area contributed by atoms with Crippen molar-refractivity contribution in [1.82, 2.24) is 0 Å². The minimum absolute atomic E-state index is 0.127. The second kappa shape index (κ2) is 8.91. The zero-order valence-corrected chi connectivity index (χ0v) is 26.7. The van der Waals surface area contributed by atoms with Crippen molar-refractivity contribution in [2.75, 3.05) is 0 Å². The molecule has 0 amide bonds. The predicted octanol–water partition coefficient (Wildman–Crippen LogP) is 9.25. The van der Waals surface area contributed by atoms with E-state index in [2.05, 4.69) is 114 Å². The average Bonchev–Trinajstić information content (AvgIpc) is 3.41. The summed E-state index contributed by atoms with van der Waals surface area (Å²) in [6.45, 7) is 14.4. The van der Waals surface area contributed by atoms with Crippen LogP contribution in [0.4, 0.5) is 0 Å². The molecule has 0 heterocycles. The van der Waals surface area contributed by atoms with Gasteiger partial charge in [-0.15, -0.1) is 0 Å². The zero-order valence-electron chi connectivity index (χ0n) is 23.1. The summed E-state index contributed by atoms with van der Waals surface area (Å²) in [5.74, 6) is 0. The third kappa shape index (κ3) is 4.22. The molecule has 2 aliphatic rings.